The summed E-state index contributed by atoms with van der Waals surface area (Å²) in [6, 6.07) is 4.53. The third kappa shape index (κ3) is 3.41. The average molecular weight is 295 g/mol. The molecular weight excluding hydrogens is 278 g/mol. The quantitative estimate of drug-likeness (QED) is 0.491. The van der Waals surface area contributed by atoms with Crippen molar-refractivity contribution in [3.63, 3.8) is 0 Å². The summed E-state index contributed by atoms with van der Waals surface area (Å²) < 4.78 is 0.722. The topological polar surface area (TPSA) is 90.3 Å². The van der Waals surface area contributed by atoms with Gasteiger partial charge in [-0.15, -0.1) is 0 Å². The van der Waals surface area contributed by atoms with E-state index in [9.17, 15) is 14.8 Å². The molecule has 1 atom stereocenters. The highest BCUT2D eigenvalue weighted by Gasteiger charge is 2.30. The fourth-order valence-electron chi connectivity index (χ4n) is 2.27. The molecule has 1 aliphatic heterocycles. The van der Waals surface area contributed by atoms with Gasteiger partial charge in [-0.1, -0.05) is 0 Å². The number of likely N-dealkylation sites (tertiary alicyclic amines) is 1. The Kier molecular flexibility index (Phi) is 4.84. The van der Waals surface area contributed by atoms with Crippen LogP contribution < -0.4 is 10.5 Å². The Morgan fingerprint density at radius 3 is 2.95 bits per heavy atom. The molecule has 108 valence electrons. The molecule has 0 radical (unpaired) electrons. The van der Waals surface area contributed by atoms with E-state index in [0.29, 0.717) is 18.0 Å². The largest absolute Gasteiger partial charge is 0.618 e. The summed E-state index contributed by atoms with van der Waals surface area (Å²) in [7, 11) is 0. The van der Waals surface area contributed by atoms with Gasteiger partial charge in [-0.05, 0) is 37.1 Å². The molecule has 0 aliphatic carbocycles. The van der Waals surface area contributed by atoms with E-state index in [1.54, 1.807) is 18.2 Å². The maximum Gasteiger partial charge on any atom is 0.251 e. The minimum atomic E-state index is -0.507. The van der Waals surface area contributed by atoms with Crippen molar-refractivity contribution in [1.29, 1.82) is 0 Å². The van der Waals surface area contributed by atoms with Crippen molar-refractivity contribution in [2.45, 2.75) is 30.3 Å². The van der Waals surface area contributed by atoms with Gasteiger partial charge < -0.3 is 15.8 Å². The van der Waals surface area contributed by atoms with E-state index < -0.39 is 11.9 Å². The average Bonchev–Trinajstić information content (AvgIpc) is 2.46. The molecule has 0 bridgehead atoms. The summed E-state index contributed by atoms with van der Waals surface area (Å²) in [6.07, 6.45) is 3.80. The van der Waals surface area contributed by atoms with Crippen LogP contribution in [0.15, 0.2) is 29.4 Å². The Bertz CT molecular complexity index is 509. The molecule has 0 aromatic carbocycles. The zero-order valence-electron chi connectivity index (χ0n) is 11.0. The van der Waals surface area contributed by atoms with Gasteiger partial charge in [0.25, 0.3) is 5.03 Å². The van der Waals surface area contributed by atoms with E-state index in [0.717, 1.165) is 17.6 Å². The second-order valence-corrected chi connectivity index (χ2v) is 5.65. The first-order valence-electron chi connectivity index (χ1n) is 6.49. The molecule has 2 N–H and O–H groups in total. The summed E-state index contributed by atoms with van der Waals surface area (Å²) in [6.45, 7) is 0.555. The van der Waals surface area contributed by atoms with E-state index in [1.165, 1.54) is 22.9 Å². The smallest absolute Gasteiger partial charge is 0.251 e. The van der Waals surface area contributed by atoms with E-state index in [-0.39, 0.29) is 11.7 Å². The molecule has 0 saturated carbocycles. The Morgan fingerprint density at radius 1 is 1.45 bits per heavy atom. The molecule has 7 heteroatoms. The van der Waals surface area contributed by atoms with Crippen molar-refractivity contribution < 1.29 is 14.3 Å². The van der Waals surface area contributed by atoms with Crippen LogP contribution in [0.25, 0.3) is 0 Å². The number of aromatic nitrogens is 1. The zero-order valence-corrected chi connectivity index (χ0v) is 11.8. The van der Waals surface area contributed by atoms with Gasteiger partial charge in [0.1, 0.15) is 6.04 Å². The number of hydrogen-bond donors (Lipinski definition) is 1. The van der Waals surface area contributed by atoms with Gasteiger partial charge in [-0.3, -0.25) is 9.59 Å². The Labute approximate surface area is 121 Å². The summed E-state index contributed by atoms with van der Waals surface area (Å²) >= 11 is 1.17. The van der Waals surface area contributed by atoms with Crippen molar-refractivity contribution in [3.8, 4) is 0 Å². The highest BCUT2D eigenvalue weighted by atomic mass is 32.2. The number of primary amides is 1. The second-order valence-electron chi connectivity index (χ2n) is 4.65. The number of carbonyl (C=O) groups is 2. The van der Waals surface area contributed by atoms with Gasteiger partial charge in [0.15, 0.2) is 6.20 Å². The van der Waals surface area contributed by atoms with Crippen LogP contribution in [0, 0.1) is 5.21 Å². The highest BCUT2D eigenvalue weighted by Crippen LogP contribution is 2.20. The molecule has 1 saturated heterocycles. The first kappa shape index (κ1) is 14.6. The summed E-state index contributed by atoms with van der Waals surface area (Å²) in [5.74, 6) is -0.472. The second kappa shape index (κ2) is 6.60. The van der Waals surface area contributed by atoms with Crippen LogP contribution >= 0.6 is 11.8 Å². The first-order chi connectivity index (χ1) is 9.59. The molecule has 1 fully saturated rings. The lowest BCUT2D eigenvalue weighted by Crippen LogP contribution is -2.51. The number of carbonyl (C=O) groups excluding carboxylic acids is 2. The normalized spacial score (nSPS) is 18.8. The fourth-order valence-corrected chi connectivity index (χ4v) is 3.07. The van der Waals surface area contributed by atoms with Gasteiger partial charge >= 0.3 is 0 Å². The maximum atomic E-state index is 12.2. The minimum absolute atomic E-state index is 0.135. The molecule has 6 nitrogen and oxygen atoms in total. The molecule has 20 heavy (non-hydrogen) atoms. The number of piperidine rings is 1. The standard InChI is InChI=1S/C13H17N3O3S/c14-13(18)10-5-1-3-7-15(10)11(17)9-20-12-6-2-4-8-16(12)19/h2,4,6,8,10H,1,3,5,7,9H2,(H2,14,18)/t10-/m0/s1. The van der Waals surface area contributed by atoms with Gasteiger partial charge in [0.05, 0.1) is 5.75 Å². The Hall–Kier alpha value is -1.76. The van der Waals surface area contributed by atoms with Crippen LogP contribution in [-0.4, -0.2) is 35.1 Å². The van der Waals surface area contributed by atoms with Crippen molar-refractivity contribution in [3.05, 3.63) is 29.6 Å². The molecule has 2 amide bonds. The van der Waals surface area contributed by atoms with Gasteiger partial charge in [-0.25, -0.2) is 0 Å². The molecule has 1 aromatic heterocycles. The summed E-state index contributed by atoms with van der Waals surface area (Å²) in [4.78, 5) is 25.1. The van der Waals surface area contributed by atoms with Crippen LogP contribution in [0.5, 0.6) is 0 Å². The molecule has 0 spiro atoms. The van der Waals surface area contributed by atoms with E-state index in [4.69, 9.17) is 5.73 Å². The van der Waals surface area contributed by atoms with E-state index >= 15 is 0 Å². The number of hydrogen-bond acceptors (Lipinski definition) is 4. The van der Waals surface area contributed by atoms with Crippen LogP contribution in [0.2, 0.25) is 0 Å². The fraction of sp³-hybridized carbons (Fsp3) is 0.462. The van der Waals surface area contributed by atoms with Crippen LogP contribution in [0.4, 0.5) is 0 Å². The van der Waals surface area contributed by atoms with Crippen LogP contribution in [0.1, 0.15) is 19.3 Å². The number of nitrogens with two attached hydrogens (primary N) is 1. The predicted octanol–water partition coefficient (Wildman–Crippen LogP) is 0.278. The maximum absolute atomic E-state index is 12.2. The molecule has 1 aliphatic rings. The predicted molar refractivity (Wildman–Crippen MR) is 74.7 cm³/mol. The molecule has 2 rings (SSSR count). The molecule has 0 unspecified atom stereocenters. The molecular formula is C13H17N3O3S. The Balaban J connectivity index is 1.97. The van der Waals surface area contributed by atoms with Crippen LogP contribution in [-0.2, 0) is 9.59 Å². The summed E-state index contributed by atoms with van der Waals surface area (Å²) in [5, 5.41) is 11.9. The van der Waals surface area contributed by atoms with Crippen molar-refractivity contribution in [2.75, 3.05) is 12.3 Å². The Morgan fingerprint density at radius 2 is 2.25 bits per heavy atom. The summed E-state index contributed by atoms with van der Waals surface area (Å²) in [5.41, 5.74) is 5.33. The van der Waals surface area contributed by atoms with Crippen LogP contribution in [0.3, 0.4) is 0 Å². The van der Waals surface area contributed by atoms with Crippen molar-refractivity contribution in [2.24, 2.45) is 5.73 Å². The number of rotatable bonds is 4. The lowest BCUT2D eigenvalue weighted by atomic mass is 10.0. The lowest BCUT2D eigenvalue weighted by Gasteiger charge is -2.33. The highest BCUT2D eigenvalue weighted by molar-refractivity contribution is 7.99. The number of thioether (sulfide) groups is 1. The van der Waals surface area contributed by atoms with E-state index in [1.807, 2.05) is 0 Å². The van der Waals surface area contributed by atoms with E-state index in [2.05, 4.69) is 0 Å². The van der Waals surface area contributed by atoms with Gasteiger partial charge in [0.2, 0.25) is 11.8 Å². The number of nitrogens with zero attached hydrogens (tertiary/aromatic N) is 2. The number of pyridine rings is 1. The first-order valence-corrected chi connectivity index (χ1v) is 7.48. The van der Waals surface area contributed by atoms with Gasteiger partial charge in [-0.2, -0.15) is 4.73 Å². The van der Waals surface area contributed by atoms with Crippen molar-refractivity contribution in [1.82, 2.24) is 4.90 Å². The lowest BCUT2D eigenvalue weighted by molar-refractivity contribution is -0.645. The number of amides is 2. The monoisotopic (exact) mass is 295 g/mol. The third-order valence-corrected chi connectivity index (χ3v) is 4.29. The van der Waals surface area contributed by atoms with Crippen molar-refractivity contribution >= 4 is 23.6 Å². The molecule has 1 aromatic rings. The van der Waals surface area contributed by atoms with Gasteiger partial charge in [0, 0.05) is 18.7 Å². The third-order valence-electron chi connectivity index (χ3n) is 3.28. The zero-order chi connectivity index (χ0) is 14.5. The molecule has 2 heterocycles. The SMILES string of the molecule is NC(=O)[C@@H]1CCCCN1C(=O)CSc1cccc[n+]1[O-]. The minimum Gasteiger partial charge on any atom is -0.618 e.